The smallest absolute Gasteiger partial charge is 0.342 e. The number of nitrogens with one attached hydrogen (secondary N) is 1. The molecule has 2 rings (SSSR count). The summed E-state index contributed by atoms with van der Waals surface area (Å²) in [7, 11) is 4.30. The number of benzene rings is 2. The van der Waals surface area contributed by atoms with Crippen LogP contribution in [0.5, 0.6) is 17.2 Å². The lowest BCUT2D eigenvalue weighted by molar-refractivity contribution is -0.123. The molecule has 150 valence electrons. The predicted octanol–water partition coefficient (Wildman–Crippen LogP) is 4.20. The van der Waals surface area contributed by atoms with Crippen LogP contribution in [0.1, 0.15) is 17.3 Å². The maximum atomic E-state index is 12.5. The van der Waals surface area contributed by atoms with Gasteiger partial charge in [0.2, 0.25) is 0 Å². The molecule has 28 heavy (non-hydrogen) atoms. The van der Waals surface area contributed by atoms with Crippen molar-refractivity contribution < 1.29 is 28.5 Å². The maximum absolute atomic E-state index is 12.5. The van der Waals surface area contributed by atoms with Crippen LogP contribution in [0.2, 0.25) is 10.0 Å². The zero-order valence-corrected chi connectivity index (χ0v) is 17.2. The molecule has 1 atom stereocenters. The number of halogens is 2. The van der Waals surface area contributed by atoms with Gasteiger partial charge in [-0.3, -0.25) is 4.79 Å². The van der Waals surface area contributed by atoms with E-state index in [1.165, 1.54) is 46.5 Å². The molecule has 7 nitrogen and oxygen atoms in total. The van der Waals surface area contributed by atoms with Crippen molar-refractivity contribution in [3.63, 3.8) is 0 Å². The quantitative estimate of drug-likeness (QED) is 0.666. The Hall–Kier alpha value is -2.64. The SMILES string of the molecule is COc1cc(OC)c(C(=O)OC(C)C(=O)Nc2ccc(Cl)cc2Cl)cc1OC. The summed E-state index contributed by atoms with van der Waals surface area (Å²) in [6, 6.07) is 7.53. The van der Waals surface area contributed by atoms with Crippen molar-refractivity contribution in [2.24, 2.45) is 0 Å². The van der Waals surface area contributed by atoms with E-state index in [2.05, 4.69) is 5.32 Å². The summed E-state index contributed by atoms with van der Waals surface area (Å²) in [4.78, 5) is 24.9. The second-order valence-corrected chi connectivity index (χ2v) is 6.41. The monoisotopic (exact) mass is 427 g/mol. The average Bonchev–Trinajstić information content (AvgIpc) is 2.68. The third-order valence-electron chi connectivity index (χ3n) is 3.77. The minimum absolute atomic E-state index is 0.0873. The zero-order valence-electron chi connectivity index (χ0n) is 15.7. The standard InChI is InChI=1S/C19H19Cl2NO6/c1-10(18(23)22-14-6-5-11(20)7-13(14)21)28-19(24)12-8-16(26-3)17(27-4)9-15(12)25-2/h5-10H,1-4H3,(H,22,23). The van der Waals surface area contributed by atoms with Crippen molar-refractivity contribution in [1.82, 2.24) is 0 Å². The number of hydrogen-bond acceptors (Lipinski definition) is 6. The van der Waals surface area contributed by atoms with E-state index in [1.54, 1.807) is 12.1 Å². The number of ether oxygens (including phenoxy) is 4. The highest BCUT2D eigenvalue weighted by Crippen LogP contribution is 2.35. The molecule has 1 N–H and O–H groups in total. The number of amides is 1. The molecule has 0 radical (unpaired) electrons. The fourth-order valence-corrected chi connectivity index (χ4v) is 2.75. The molecule has 0 saturated heterocycles. The van der Waals surface area contributed by atoms with Crippen LogP contribution in [0.25, 0.3) is 0 Å². The summed E-state index contributed by atoms with van der Waals surface area (Å²) in [5.74, 6) is -0.393. The molecule has 0 fully saturated rings. The van der Waals surface area contributed by atoms with Gasteiger partial charge in [-0.25, -0.2) is 4.79 Å². The lowest BCUT2D eigenvalue weighted by Crippen LogP contribution is -2.30. The first kappa shape index (κ1) is 21.7. The van der Waals surface area contributed by atoms with Crippen LogP contribution >= 0.6 is 23.2 Å². The number of methoxy groups -OCH3 is 3. The van der Waals surface area contributed by atoms with E-state index in [9.17, 15) is 9.59 Å². The van der Waals surface area contributed by atoms with Crippen molar-refractivity contribution >= 4 is 40.8 Å². The third kappa shape index (κ3) is 4.99. The Morgan fingerprint density at radius 3 is 2.11 bits per heavy atom. The normalized spacial score (nSPS) is 11.4. The van der Waals surface area contributed by atoms with Gasteiger partial charge >= 0.3 is 5.97 Å². The topological polar surface area (TPSA) is 83.1 Å². The molecule has 0 aromatic heterocycles. The summed E-state index contributed by atoms with van der Waals surface area (Å²) in [5.41, 5.74) is 0.437. The van der Waals surface area contributed by atoms with Crippen LogP contribution in [0, 0.1) is 0 Å². The molecular weight excluding hydrogens is 409 g/mol. The second kappa shape index (κ2) is 9.52. The maximum Gasteiger partial charge on any atom is 0.342 e. The van der Waals surface area contributed by atoms with E-state index < -0.39 is 18.0 Å². The first-order valence-corrected chi connectivity index (χ1v) is 8.83. The third-order valence-corrected chi connectivity index (χ3v) is 4.32. The predicted molar refractivity (Wildman–Crippen MR) is 106 cm³/mol. The van der Waals surface area contributed by atoms with Gasteiger partial charge in [0.25, 0.3) is 5.91 Å². The number of anilines is 1. The Morgan fingerprint density at radius 1 is 0.929 bits per heavy atom. The second-order valence-electron chi connectivity index (χ2n) is 5.57. The van der Waals surface area contributed by atoms with Crippen molar-refractivity contribution in [3.05, 3.63) is 45.9 Å². The van der Waals surface area contributed by atoms with Crippen LogP contribution in [0.4, 0.5) is 5.69 Å². The Morgan fingerprint density at radius 2 is 1.54 bits per heavy atom. The summed E-state index contributed by atoms with van der Waals surface area (Å²) in [6.07, 6.45) is -1.10. The van der Waals surface area contributed by atoms with Gasteiger partial charge in [0, 0.05) is 17.2 Å². The van der Waals surface area contributed by atoms with E-state index in [1.807, 2.05) is 0 Å². The Kier molecular flexibility index (Phi) is 7.37. The first-order valence-electron chi connectivity index (χ1n) is 8.07. The minimum Gasteiger partial charge on any atom is -0.496 e. The number of rotatable bonds is 7. The van der Waals surface area contributed by atoms with E-state index in [-0.39, 0.29) is 16.3 Å². The Labute approximate surface area is 172 Å². The molecule has 0 bridgehead atoms. The molecule has 1 unspecified atom stereocenters. The number of carbonyl (C=O) groups excluding carboxylic acids is 2. The minimum atomic E-state index is -1.10. The number of carbonyl (C=O) groups is 2. The van der Waals surface area contributed by atoms with Gasteiger partial charge in [0.05, 0.1) is 32.0 Å². The van der Waals surface area contributed by atoms with E-state index in [0.717, 1.165) is 0 Å². The Bertz CT molecular complexity index is 887. The molecule has 0 heterocycles. The average molecular weight is 428 g/mol. The first-order chi connectivity index (χ1) is 13.3. The van der Waals surface area contributed by atoms with Crippen LogP contribution < -0.4 is 19.5 Å². The fourth-order valence-electron chi connectivity index (χ4n) is 2.29. The molecule has 2 aromatic rings. The van der Waals surface area contributed by atoms with Gasteiger partial charge in [-0.1, -0.05) is 23.2 Å². The summed E-state index contributed by atoms with van der Waals surface area (Å²) in [5, 5.41) is 3.28. The zero-order chi connectivity index (χ0) is 20.8. The summed E-state index contributed by atoms with van der Waals surface area (Å²) in [6.45, 7) is 1.43. The number of hydrogen-bond donors (Lipinski definition) is 1. The number of esters is 1. The van der Waals surface area contributed by atoms with Gasteiger partial charge in [-0.05, 0) is 25.1 Å². The van der Waals surface area contributed by atoms with Gasteiger partial charge in [0.15, 0.2) is 17.6 Å². The molecule has 1 amide bonds. The molecule has 2 aromatic carbocycles. The fraction of sp³-hybridized carbons (Fsp3) is 0.263. The van der Waals surface area contributed by atoms with E-state index in [4.69, 9.17) is 42.1 Å². The summed E-state index contributed by atoms with van der Waals surface area (Å²) < 4.78 is 20.8. The lowest BCUT2D eigenvalue weighted by atomic mass is 10.1. The summed E-state index contributed by atoms with van der Waals surface area (Å²) >= 11 is 11.9. The van der Waals surface area contributed by atoms with Crippen LogP contribution in [-0.4, -0.2) is 39.3 Å². The van der Waals surface area contributed by atoms with Crippen molar-refractivity contribution in [3.8, 4) is 17.2 Å². The molecule has 0 spiro atoms. The van der Waals surface area contributed by atoms with Crippen LogP contribution in [0.3, 0.4) is 0 Å². The van der Waals surface area contributed by atoms with Crippen molar-refractivity contribution in [2.75, 3.05) is 26.6 Å². The highest BCUT2D eigenvalue weighted by molar-refractivity contribution is 6.36. The van der Waals surface area contributed by atoms with Crippen LogP contribution in [0.15, 0.2) is 30.3 Å². The van der Waals surface area contributed by atoms with Gasteiger partial charge in [0.1, 0.15) is 11.3 Å². The van der Waals surface area contributed by atoms with Gasteiger partial charge in [-0.2, -0.15) is 0 Å². The molecular formula is C19H19Cl2NO6. The molecule has 0 aliphatic rings. The highest BCUT2D eigenvalue weighted by atomic mass is 35.5. The van der Waals surface area contributed by atoms with E-state index in [0.29, 0.717) is 22.2 Å². The highest BCUT2D eigenvalue weighted by Gasteiger charge is 2.24. The Balaban J connectivity index is 2.16. The van der Waals surface area contributed by atoms with Crippen molar-refractivity contribution in [1.29, 1.82) is 0 Å². The van der Waals surface area contributed by atoms with Gasteiger partial charge < -0.3 is 24.3 Å². The van der Waals surface area contributed by atoms with Crippen LogP contribution in [-0.2, 0) is 9.53 Å². The lowest BCUT2D eigenvalue weighted by Gasteiger charge is -2.17. The molecule has 0 aliphatic carbocycles. The van der Waals surface area contributed by atoms with Gasteiger partial charge in [-0.15, -0.1) is 0 Å². The molecule has 0 saturated carbocycles. The van der Waals surface area contributed by atoms with Crippen molar-refractivity contribution in [2.45, 2.75) is 13.0 Å². The van der Waals surface area contributed by atoms with E-state index >= 15 is 0 Å². The molecule has 9 heteroatoms. The molecule has 0 aliphatic heterocycles. The largest absolute Gasteiger partial charge is 0.496 e.